The van der Waals surface area contributed by atoms with Crippen LogP contribution in [0, 0.1) is 0 Å². The summed E-state index contributed by atoms with van der Waals surface area (Å²) in [7, 11) is 0. The molecule has 0 amide bonds. The van der Waals surface area contributed by atoms with Crippen LogP contribution in [-0.4, -0.2) is 34.7 Å². The number of aliphatic imine (C=N–C) groups is 1. The van der Waals surface area contributed by atoms with E-state index >= 15 is 0 Å². The molecule has 0 saturated heterocycles. The summed E-state index contributed by atoms with van der Waals surface area (Å²) < 4.78 is 1.25. The monoisotopic (exact) mass is 452 g/mol. The number of guanidine groups is 1. The molecule has 2 aromatic rings. The van der Waals surface area contributed by atoms with Gasteiger partial charge in [0.25, 0.3) is 6.85 Å². The Labute approximate surface area is 199 Å². The van der Waals surface area contributed by atoms with Gasteiger partial charge in [-0.15, -0.1) is 0 Å². The lowest BCUT2D eigenvalue weighted by Gasteiger charge is -2.41. The van der Waals surface area contributed by atoms with Crippen molar-refractivity contribution in [2.75, 3.05) is 5.32 Å². The third kappa shape index (κ3) is 6.06. The highest BCUT2D eigenvalue weighted by Gasteiger charge is 2.33. The average molecular weight is 453 g/mol. The minimum absolute atomic E-state index is 0.454. The van der Waals surface area contributed by atoms with E-state index in [9.17, 15) is 0 Å². The first-order valence-corrected chi connectivity index (χ1v) is 14.1. The molecule has 1 aromatic heterocycles. The van der Waals surface area contributed by atoms with Gasteiger partial charge in [0, 0.05) is 6.04 Å². The molecule has 2 aliphatic rings. The number of anilines is 1. The Morgan fingerprint density at radius 1 is 1.00 bits per heavy atom. The lowest BCUT2D eigenvalue weighted by molar-refractivity contribution is 0.321. The molecule has 6 heteroatoms. The quantitative estimate of drug-likeness (QED) is 0.252. The molecule has 32 heavy (non-hydrogen) atoms. The zero-order valence-corrected chi connectivity index (χ0v) is 21.0. The zero-order chi connectivity index (χ0) is 22.2. The fourth-order valence-corrected chi connectivity index (χ4v) is 6.52. The van der Waals surface area contributed by atoms with Crippen molar-refractivity contribution < 1.29 is 0 Å². The second-order valence-electron chi connectivity index (χ2n) is 9.79. The SMILES string of the molecule is CCCB(CCC)N(C(=NC1CCCCC1)Nc1nc2ccccc2s1)C1CCCCC1. The first-order chi connectivity index (χ1) is 15.8. The Balaban J connectivity index is 1.69. The summed E-state index contributed by atoms with van der Waals surface area (Å²) >= 11 is 1.76. The summed E-state index contributed by atoms with van der Waals surface area (Å²) in [5, 5.41) is 4.79. The van der Waals surface area contributed by atoms with Crippen molar-refractivity contribution in [1.82, 2.24) is 9.79 Å². The number of thiazole rings is 1. The molecule has 4 nitrogen and oxygen atoms in total. The predicted molar refractivity (Wildman–Crippen MR) is 142 cm³/mol. The van der Waals surface area contributed by atoms with E-state index in [-0.39, 0.29) is 0 Å². The number of benzene rings is 1. The lowest BCUT2D eigenvalue weighted by atomic mass is 9.52. The largest absolute Gasteiger partial charge is 0.384 e. The maximum atomic E-state index is 5.46. The summed E-state index contributed by atoms with van der Waals surface area (Å²) in [5.74, 6) is 1.12. The van der Waals surface area contributed by atoms with Gasteiger partial charge >= 0.3 is 0 Å². The highest BCUT2D eigenvalue weighted by atomic mass is 32.1. The Hall–Kier alpha value is -1.56. The number of rotatable bonds is 8. The molecule has 1 N–H and O–H groups in total. The summed E-state index contributed by atoms with van der Waals surface area (Å²) in [4.78, 5) is 13.1. The van der Waals surface area contributed by atoms with Gasteiger partial charge in [0.05, 0.1) is 16.3 Å². The van der Waals surface area contributed by atoms with Gasteiger partial charge in [-0.3, -0.25) is 4.99 Å². The molecule has 0 spiro atoms. The van der Waals surface area contributed by atoms with Crippen LogP contribution in [0.5, 0.6) is 0 Å². The Morgan fingerprint density at radius 2 is 1.66 bits per heavy atom. The fourth-order valence-electron chi connectivity index (χ4n) is 5.66. The maximum absolute atomic E-state index is 5.46. The minimum Gasteiger partial charge on any atom is -0.384 e. The molecule has 0 radical (unpaired) electrons. The number of nitrogens with zero attached hydrogens (tertiary/aromatic N) is 3. The Bertz CT molecular complexity index is 815. The number of hydrogen-bond acceptors (Lipinski definition) is 3. The summed E-state index contributed by atoms with van der Waals surface area (Å²) in [6.45, 7) is 5.23. The van der Waals surface area contributed by atoms with Crippen LogP contribution in [0.1, 0.15) is 90.9 Å². The molecule has 2 saturated carbocycles. The fraction of sp³-hybridized carbons (Fsp3) is 0.692. The molecule has 0 unspecified atom stereocenters. The molecule has 1 aromatic carbocycles. The third-order valence-corrected chi connectivity index (χ3v) is 8.19. The Kier molecular flexibility index (Phi) is 8.89. The maximum Gasteiger partial charge on any atom is 0.258 e. The van der Waals surface area contributed by atoms with E-state index < -0.39 is 0 Å². The van der Waals surface area contributed by atoms with Gasteiger partial charge < -0.3 is 10.1 Å². The van der Waals surface area contributed by atoms with Crippen molar-refractivity contribution >= 4 is 39.5 Å². The van der Waals surface area contributed by atoms with Gasteiger partial charge in [0.1, 0.15) is 0 Å². The van der Waals surface area contributed by atoms with Crippen molar-refractivity contribution in [1.29, 1.82) is 0 Å². The number of nitrogens with one attached hydrogen (secondary N) is 1. The van der Waals surface area contributed by atoms with Crippen LogP contribution in [0.3, 0.4) is 0 Å². The van der Waals surface area contributed by atoms with Gasteiger partial charge in [-0.25, -0.2) is 4.98 Å². The molecule has 0 aliphatic heterocycles. The van der Waals surface area contributed by atoms with Crippen LogP contribution in [0.15, 0.2) is 29.3 Å². The first kappa shape index (κ1) is 23.6. The van der Waals surface area contributed by atoms with Gasteiger partial charge in [-0.1, -0.05) is 101 Å². The number of fused-ring (bicyclic) bond motifs is 1. The number of aromatic nitrogens is 1. The van der Waals surface area contributed by atoms with E-state index in [2.05, 4.69) is 48.2 Å². The normalized spacial score (nSPS) is 18.8. The van der Waals surface area contributed by atoms with Crippen LogP contribution < -0.4 is 5.32 Å². The summed E-state index contributed by atoms with van der Waals surface area (Å²) in [5.41, 5.74) is 1.08. The molecule has 2 fully saturated rings. The summed E-state index contributed by atoms with van der Waals surface area (Å²) in [6, 6.07) is 9.53. The van der Waals surface area contributed by atoms with Crippen molar-refractivity contribution in [3.05, 3.63) is 24.3 Å². The van der Waals surface area contributed by atoms with Gasteiger partial charge in [0.15, 0.2) is 11.1 Å². The van der Waals surface area contributed by atoms with E-state index in [4.69, 9.17) is 9.98 Å². The van der Waals surface area contributed by atoms with Crippen molar-refractivity contribution in [3.63, 3.8) is 0 Å². The number of para-hydroxylation sites is 1. The molecule has 2 aliphatic carbocycles. The molecule has 1 heterocycles. The zero-order valence-electron chi connectivity index (χ0n) is 20.2. The van der Waals surface area contributed by atoms with E-state index in [0.717, 1.165) is 16.6 Å². The molecular formula is C26H41BN4S. The molecule has 4 rings (SSSR count). The molecular weight excluding hydrogens is 411 g/mol. The average Bonchev–Trinajstić information content (AvgIpc) is 3.23. The van der Waals surface area contributed by atoms with E-state index in [0.29, 0.717) is 18.9 Å². The first-order valence-electron chi connectivity index (χ1n) is 13.3. The topological polar surface area (TPSA) is 40.5 Å². The highest BCUT2D eigenvalue weighted by Crippen LogP contribution is 2.31. The van der Waals surface area contributed by atoms with Crippen LogP contribution >= 0.6 is 11.3 Å². The van der Waals surface area contributed by atoms with Crippen molar-refractivity contribution in [2.24, 2.45) is 4.99 Å². The standard InChI is InChI=1S/C26H41BN4S/c1-3-19-27(20-4-2)31(22-15-9-6-10-16-22)25(28-21-13-7-5-8-14-21)30-26-29-23-17-11-12-18-24(23)32-26/h11-12,17-18,21-22H,3-10,13-16,19-20H2,1-2H3,(H,28,29,30). The van der Waals surface area contributed by atoms with Crippen LogP contribution in [-0.2, 0) is 0 Å². The third-order valence-electron chi connectivity index (χ3n) is 7.24. The van der Waals surface area contributed by atoms with Crippen LogP contribution in [0.25, 0.3) is 10.2 Å². The molecule has 0 bridgehead atoms. The van der Waals surface area contributed by atoms with E-state index in [1.807, 2.05) is 0 Å². The van der Waals surface area contributed by atoms with Gasteiger partial charge in [-0.2, -0.15) is 0 Å². The number of hydrogen-bond donors (Lipinski definition) is 1. The molecule has 0 atom stereocenters. The smallest absolute Gasteiger partial charge is 0.258 e. The molecule has 174 valence electrons. The van der Waals surface area contributed by atoms with Crippen LogP contribution in [0.4, 0.5) is 5.13 Å². The summed E-state index contributed by atoms with van der Waals surface area (Å²) in [6.07, 6.45) is 18.1. The van der Waals surface area contributed by atoms with E-state index in [1.165, 1.54) is 94.4 Å². The second-order valence-corrected chi connectivity index (χ2v) is 10.8. The van der Waals surface area contributed by atoms with Crippen molar-refractivity contribution in [3.8, 4) is 0 Å². The lowest BCUT2D eigenvalue weighted by Crippen LogP contribution is -2.53. The van der Waals surface area contributed by atoms with Crippen molar-refractivity contribution in [2.45, 2.75) is 116 Å². The minimum atomic E-state index is 0.454. The van der Waals surface area contributed by atoms with Gasteiger partial charge in [-0.05, 0) is 37.8 Å². The highest BCUT2D eigenvalue weighted by molar-refractivity contribution is 7.22. The van der Waals surface area contributed by atoms with Crippen LogP contribution in [0.2, 0.25) is 12.6 Å². The van der Waals surface area contributed by atoms with Gasteiger partial charge in [0.2, 0.25) is 0 Å². The Morgan fingerprint density at radius 3 is 2.31 bits per heavy atom. The predicted octanol–water partition coefficient (Wildman–Crippen LogP) is 7.84. The second kappa shape index (κ2) is 12.1. The van der Waals surface area contributed by atoms with E-state index in [1.54, 1.807) is 11.3 Å².